The number of amides is 1. The highest BCUT2D eigenvalue weighted by molar-refractivity contribution is 7.10. The number of phenolic OH excluding ortho intramolecular Hbond substituents is 1. The summed E-state index contributed by atoms with van der Waals surface area (Å²) in [6.07, 6.45) is 6.60. The van der Waals surface area contributed by atoms with E-state index in [0.29, 0.717) is 35.5 Å². The van der Waals surface area contributed by atoms with Crippen LogP contribution in [0.4, 0.5) is 5.82 Å². The fourth-order valence-corrected chi connectivity index (χ4v) is 3.83. The van der Waals surface area contributed by atoms with E-state index < -0.39 is 0 Å². The summed E-state index contributed by atoms with van der Waals surface area (Å²) in [5.41, 5.74) is 2.22. The Morgan fingerprint density at radius 3 is 2.84 bits per heavy atom. The summed E-state index contributed by atoms with van der Waals surface area (Å²) in [5, 5.41) is 22.7. The molecule has 4 aromatic rings. The maximum absolute atomic E-state index is 11.9. The number of phenols is 1. The SMILES string of the molecule is [B]c1cnn2c(NCCCCNC(=O)/C=C/c3cccs3)cc(-c3ccccc3O)nc12. The molecule has 9 heteroatoms. The number of hydrogen-bond acceptors (Lipinski definition) is 6. The Balaban J connectivity index is 1.33. The molecule has 2 radical (unpaired) electrons. The third-order valence-corrected chi connectivity index (χ3v) is 5.67. The van der Waals surface area contributed by atoms with E-state index in [2.05, 4.69) is 20.7 Å². The summed E-state index contributed by atoms with van der Waals surface area (Å²) in [6, 6.07) is 12.8. The van der Waals surface area contributed by atoms with Crippen LogP contribution in [0, 0.1) is 0 Å². The number of anilines is 1. The van der Waals surface area contributed by atoms with Crippen LogP contribution in [0.3, 0.4) is 0 Å². The van der Waals surface area contributed by atoms with Crippen molar-refractivity contribution in [3.8, 4) is 17.0 Å². The standard InChI is InChI=1S/C23H22BN5O2S/c24-18-15-27-29-21(14-19(28-23(18)29)17-7-1-2-8-20(17)30)25-11-3-4-12-26-22(31)10-9-16-6-5-13-32-16/h1-2,5-10,13-15,25,30H,3-4,11-12H2,(H,26,31)/b10-9+. The number of hydrogen-bond donors (Lipinski definition) is 3. The van der Waals surface area contributed by atoms with Crippen molar-refractivity contribution >= 4 is 48.1 Å². The number of para-hydroxylation sites is 1. The van der Waals surface area contributed by atoms with E-state index in [1.165, 1.54) is 0 Å². The fraction of sp³-hybridized carbons (Fsp3) is 0.174. The van der Waals surface area contributed by atoms with Crippen molar-refractivity contribution < 1.29 is 9.90 Å². The van der Waals surface area contributed by atoms with Crippen LogP contribution in [0.1, 0.15) is 17.7 Å². The maximum Gasteiger partial charge on any atom is 0.244 e. The first-order valence-corrected chi connectivity index (χ1v) is 11.2. The summed E-state index contributed by atoms with van der Waals surface area (Å²) in [4.78, 5) is 17.5. The number of unbranched alkanes of at least 4 members (excludes halogenated alkanes) is 1. The molecule has 1 amide bonds. The molecule has 3 aromatic heterocycles. The maximum atomic E-state index is 11.9. The second-order valence-electron chi connectivity index (χ2n) is 7.15. The fourth-order valence-electron chi connectivity index (χ4n) is 3.21. The summed E-state index contributed by atoms with van der Waals surface area (Å²) in [5.74, 6) is 0.784. The van der Waals surface area contributed by atoms with E-state index in [0.717, 1.165) is 23.5 Å². The van der Waals surface area contributed by atoms with Gasteiger partial charge in [-0.1, -0.05) is 18.2 Å². The van der Waals surface area contributed by atoms with Gasteiger partial charge in [-0.05, 0) is 48.0 Å². The number of aromatic nitrogens is 3. The highest BCUT2D eigenvalue weighted by Gasteiger charge is 2.12. The van der Waals surface area contributed by atoms with Crippen molar-refractivity contribution in [2.45, 2.75) is 12.8 Å². The molecule has 32 heavy (non-hydrogen) atoms. The van der Waals surface area contributed by atoms with E-state index in [4.69, 9.17) is 7.85 Å². The van der Waals surface area contributed by atoms with Gasteiger partial charge in [0, 0.05) is 41.9 Å². The Hall–Kier alpha value is -3.59. The zero-order valence-corrected chi connectivity index (χ0v) is 18.2. The van der Waals surface area contributed by atoms with Gasteiger partial charge in [0.1, 0.15) is 19.4 Å². The van der Waals surface area contributed by atoms with Crippen molar-refractivity contribution in [1.29, 1.82) is 0 Å². The summed E-state index contributed by atoms with van der Waals surface area (Å²) in [7, 11) is 6.03. The average molecular weight is 443 g/mol. The lowest BCUT2D eigenvalue weighted by atomic mass is 10.0. The van der Waals surface area contributed by atoms with E-state index in [9.17, 15) is 9.90 Å². The quantitative estimate of drug-likeness (QED) is 0.210. The number of benzene rings is 1. The number of fused-ring (bicyclic) bond motifs is 1. The molecule has 0 aliphatic rings. The van der Waals surface area contributed by atoms with Crippen LogP contribution in [-0.4, -0.2) is 46.5 Å². The van der Waals surface area contributed by atoms with Crippen molar-refractivity contribution in [2.75, 3.05) is 18.4 Å². The lowest BCUT2D eigenvalue weighted by Gasteiger charge is -2.12. The molecule has 0 aliphatic carbocycles. The van der Waals surface area contributed by atoms with E-state index in [1.54, 1.807) is 46.3 Å². The molecule has 0 saturated carbocycles. The minimum absolute atomic E-state index is 0.0958. The van der Waals surface area contributed by atoms with Crippen LogP contribution in [0.2, 0.25) is 0 Å². The number of carbonyl (C=O) groups excluding carboxylic acids is 1. The zero-order chi connectivity index (χ0) is 22.3. The first-order valence-electron chi connectivity index (χ1n) is 10.3. The van der Waals surface area contributed by atoms with Gasteiger partial charge in [-0.2, -0.15) is 9.61 Å². The summed E-state index contributed by atoms with van der Waals surface area (Å²) < 4.78 is 1.65. The number of nitrogens with zero attached hydrogens (tertiary/aromatic N) is 3. The van der Waals surface area contributed by atoms with E-state index >= 15 is 0 Å². The van der Waals surface area contributed by atoms with Gasteiger partial charge in [-0.25, -0.2) is 4.98 Å². The number of rotatable bonds is 9. The molecule has 3 heterocycles. The first kappa shape index (κ1) is 21.6. The zero-order valence-electron chi connectivity index (χ0n) is 17.4. The van der Waals surface area contributed by atoms with Crippen LogP contribution in [0.25, 0.3) is 23.0 Å². The Kier molecular flexibility index (Phi) is 6.86. The second-order valence-corrected chi connectivity index (χ2v) is 8.13. The number of carbonyl (C=O) groups is 1. The van der Waals surface area contributed by atoms with Crippen LogP contribution >= 0.6 is 11.3 Å². The monoisotopic (exact) mass is 443 g/mol. The average Bonchev–Trinajstić information content (AvgIpc) is 3.45. The molecule has 0 aliphatic heterocycles. The Bertz CT molecular complexity index is 1240. The van der Waals surface area contributed by atoms with Crippen LogP contribution in [-0.2, 0) is 4.79 Å². The van der Waals surface area contributed by atoms with Crippen molar-refractivity contribution in [2.24, 2.45) is 0 Å². The molecule has 160 valence electrons. The molecular formula is C23H22BN5O2S. The third-order valence-electron chi connectivity index (χ3n) is 4.83. The lowest BCUT2D eigenvalue weighted by Crippen LogP contribution is -2.22. The highest BCUT2D eigenvalue weighted by Crippen LogP contribution is 2.29. The minimum Gasteiger partial charge on any atom is -0.507 e. The van der Waals surface area contributed by atoms with Gasteiger partial charge < -0.3 is 15.7 Å². The van der Waals surface area contributed by atoms with Crippen molar-refractivity contribution in [3.63, 3.8) is 0 Å². The topological polar surface area (TPSA) is 91.5 Å². The predicted octanol–water partition coefficient (Wildman–Crippen LogP) is 2.98. The molecule has 7 nitrogen and oxygen atoms in total. The minimum atomic E-state index is -0.0958. The van der Waals surface area contributed by atoms with Crippen LogP contribution in [0.5, 0.6) is 5.75 Å². The molecule has 0 fully saturated rings. The second kappa shape index (κ2) is 10.1. The molecule has 4 rings (SSSR count). The molecule has 0 bridgehead atoms. The molecule has 0 spiro atoms. The van der Waals surface area contributed by atoms with Gasteiger partial charge in [0.25, 0.3) is 0 Å². The van der Waals surface area contributed by atoms with Gasteiger partial charge in [0.2, 0.25) is 5.91 Å². The number of thiophene rings is 1. The highest BCUT2D eigenvalue weighted by atomic mass is 32.1. The number of nitrogens with one attached hydrogen (secondary N) is 2. The van der Waals surface area contributed by atoms with Crippen molar-refractivity contribution in [1.82, 2.24) is 19.9 Å². The van der Waals surface area contributed by atoms with Gasteiger partial charge in [0.05, 0.1) is 5.69 Å². The smallest absolute Gasteiger partial charge is 0.244 e. The van der Waals surface area contributed by atoms with Gasteiger partial charge in [0.15, 0.2) is 5.65 Å². The Labute approximate surface area is 191 Å². The predicted molar refractivity (Wildman–Crippen MR) is 130 cm³/mol. The van der Waals surface area contributed by atoms with Crippen LogP contribution < -0.4 is 16.1 Å². The van der Waals surface area contributed by atoms with Crippen molar-refractivity contribution in [3.05, 3.63) is 65.0 Å². The van der Waals surface area contributed by atoms with Gasteiger partial charge >= 0.3 is 0 Å². The molecule has 0 saturated heterocycles. The van der Waals surface area contributed by atoms with E-state index in [1.807, 2.05) is 35.7 Å². The Morgan fingerprint density at radius 2 is 2.03 bits per heavy atom. The largest absolute Gasteiger partial charge is 0.507 e. The lowest BCUT2D eigenvalue weighted by molar-refractivity contribution is -0.116. The van der Waals surface area contributed by atoms with Crippen LogP contribution in [0.15, 0.2) is 60.1 Å². The molecule has 1 aromatic carbocycles. The Morgan fingerprint density at radius 1 is 1.19 bits per heavy atom. The molecule has 0 atom stereocenters. The number of aromatic hydroxyl groups is 1. The molecule has 3 N–H and O–H groups in total. The first-order chi connectivity index (χ1) is 15.6. The molecular weight excluding hydrogens is 421 g/mol. The third kappa shape index (κ3) is 5.18. The summed E-state index contributed by atoms with van der Waals surface area (Å²) >= 11 is 1.59. The molecule has 0 unspecified atom stereocenters. The van der Waals surface area contributed by atoms with E-state index in [-0.39, 0.29) is 11.7 Å². The van der Waals surface area contributed by atoms with Gasteiger partial charge in [-0.3, -0.25) is 4.79 Å². The normalized spacial score (nSPS) is 11.2. The van der Waals surface area contributed by atoms with Gasteiger partial charge in [-0.15, -0.1) is 11.3 Å². The summed E-state index contributed by atoms with van der Waals surface area (Å²) in [6.45, 7) is 1.28.